The summed E-state index contributed by atoms with van der Waals surface area (Å²) in [5, 5.41) is 8.78. The number of aliphatic carboxylic acids is 1. The Morgan fingerprint density at radius 1 is 0.839 bits per heavy atom. The van der Waals surface area contributed by atoms with E-state index in [1.807, 2.05) is 0 Å². The SMILES string of the molecule is O=C(O)CCCCC1CCN(CCCC2c3ccccc3CCc3ccccc32)CC1. The molecule has 0 amide bonds. The van der Waals surface area contributed by atoms with Crippen LogP contribution in [0.15, 0.2) is 48.5 Å². The second-order valence-electron chi connectivity index (χ2n) is 9.52. The van der Waals surface area contributed by atoms with Crippen LogP contribution in [0.3, 0.4) is 0 Å². The number of nitrogens with zero attached hydrogens (tertiary/aromatic N) is 1. The molecule has 4 rings (SSSR count). The van der Waals surface area contributed by atoms with Gasteiger partial charge >= 0.3 is 5.97 Å². The highest BCUT2D eigenvalue weighted by Crippen LogP contribution is 2.37. The van der Waals surface area contributed by atoms with Crippen LogP contribution in [0, 0.1) is 5.92 Å². The Bertz CT molecular complexity index is 806. The van der Waals surface area contributed by atoms with Crippen molar-refractivity contribution in [1.82, 2.24) is 4.90 Å². The zero-order valence-corrected chi connectivity index (χ0v) is 18.8. The van der Waals surface area contributed by atoms with Crippen LogP contribution in [0.2, 0.25) is 0 Å². The topological polar surface area (TPSA) is 40.5 Å². The average molecular weight is 420 g/mol. The molecule has 0 aromatic heterocycles. The Hall–Kier alpha value is -2.13. The first-order valence-corrected chi connectivity index (χ1v) is 12.3. The number of piperidine rings is 1. The molecule has 0 radical (unpaired) electrons. The van der Waals surface area contributed by atoms with Crippen molar-refractivity contribution >= 4 is 5.97 Å². The van der Waals surface area contributed by atoms with Gasteiger partial charge in [-0.1, -0.05) is 61.4 Å². The molecule has 1 heterocycles. The van der Waals surface area contributed by atoms with Gasteiger partial charge in [0.1, 0.15) is 0 Å². The van der Waals surface area contributed by atoms with Crippen LogP contribution in [0.1, 0.15) is 79.5 Å². The van der Waals surface area contributed by atoms with Gasteiger partial charge in [-0.25, -0.2) is 0 Å². The second-order valence-corrected chi connectivity index (χ2v) is 9.52. The van der Waals surface area contributed by atoms with Crippen LogP contribution >= 0.6 is 0 Å². The third kappa shape index (κ3) is 5.98. The number of hydrogen-bond acceptors (Lipinski definition) is 2. The van der Waals surface area contributed by atoms with Crippen molar-refractivity contribution in [1.29, 1.82) is 0 Å². The number of carbonyl (C=O) groups is 1. The van der Waals surface area contributed by atoms with Crippen molar-refractivity contribution in [2.24, 2.45) is 5.92 Å². The molecule has 2 aromatic rings. The van der Waals surface area contributed by atoms with Gasteiger partial charge in [0.25, 0.3) is 0 Å². The van der Waals surface area contributed by atoms with E-state index in [4.69, 9.17) is 5.11 Å². The van der Waals surface area contributed by atoms with Crippen molar-refractivity contribution in [3.63, 3.8) is 0 Å². The van der Waals surface area contributed by atoms with Gasteiger partial charge in [-0.3, -0.25) is 4.79 Å². The Morgan fingerprint density at radius 3 is 2.06 bits per heavy atom. The van der Waals surface area contributed by atoms with Crippen LogP contribution in [0.25, 0.3) is 0 Å². The highest BCUT2D eigenvalue weighted by atomic mass is 16.4. The van der Waals surface area contributed by atoms with Crippen molar-refractivity contribution in [3.05, 3.63) is 70.8 Å². The minimum Gasteiger partial charge on any atom is -0.481 e. The minimum absolute atomic E-state index is 0.326. The molecule has 0 unspecified atom stereocenters. The molecule has 3 heteroatoms. The Kier molecular flexibility index (Phi) is 7.80. The lowest BCUT2D eigenvalue weighted by Gasteiger charge is -2.32. The molecule has 166 valence electrons. The van der Waals surface area contributed by atoms with Crippen LogP contribution in [-0.2, 0) is 17.6 Å². The number of hydrogen-bond donors (Lipinski definition) is 1. The molecule has 1 aliphatic carbocycles. The van der Waals surface area contributed by atoms with E-state index in [1.54, 1.807) is 11.1 Å². The summed E-state index contributed by atoms with van der Waals surface area (Å²) in [5.74, 6) is 0.668. The molecular weight excluding hydrogens is 382 g/mol. The lowest BCUT2D eigenvalue weighted by molar-refractivity contribution is -0.137. The molecule has 0 spiro atoms. The third-order valence-electron chi connectivity index (χ3n) is 7.45. The van der Waals surface area contributed by atoms with Gasteiger partial charge in [0.2, 0.25) is 0 Å². The Balaban J connectivity index is 1.27. The summed E-state index contributed by atoms with van der Waals surface area (Å²) in [7, 11) is 0. The summed E-state index contributed by atoms with van der Waals surface area (Å²) < 4.78 is 0. The molecule has 0 saturated carbocycles. The quantitative estimate of drug-likeness (QED) is 0.503. The number of aryl methyl sites for hydroxylation is 2. The lowest BCUT2D eigenvalue weighted by Crippen LogP contribution is -2.34. The highest BCUT2D eigenvalue weighted by Gasteiger charge is 2.24. The van der Waals surface area contributed by atoms with E-state index >= 15 is 0 Å². The van der Waals surface area contributed by atoms with Gasteiger partial charge in [0.15, 0.2) is 0 Å². The van der Waals surface area contributed by atoms with E-state index in [2.05, 4.69) is 53.4 Å². The van der Waals surface area contributed by atoms with Crippen molar-refractivity contribution in [3.8, 4) is 0 Å². The van der Waals surface area contributed by atoms with Crippen LogP contribution in [-0.4, -0.2) is 35.6 Å². The van der Waals surface area contributed by atoms with E-state index in [0.717, 1.165) is 31.6 Å². The van der Waals surface area contributed by atoms with Gasteiger partial charge in [-0.2, -0.15) is 0 Å². The molecule has 1 saturated heterocycles. The predicted octanol–water partition coefficient (Wildman–Crippen LogP) is 6.05. The molecule has 31 heavy (non-hydrogen) atoms. The van der Waals surface area contributed by atoms with Gasteiger partial charge < -0.3 is 10.0 Å². The maximum absolute atomic E-state index is 10.7. The number of rotatable bonds is 9. The van der Waals surface area contributed by atoms with Gasteiger partial charge in [-0.05, 0) is 92.8 Å². The lowest BCUT2D eigenvalue weighted by atomic mass is 9.84. The zero-order valence-electron chi connectivity index (χ0n) is 18.8. The molecular formula is C28H37NO2. The van der Waals surface area contributed by atoms with Crippen LogP contribution in [0.5, 0.6) is 0 Å². The van der Waals surface area contributed by atoms with E-state index in [0.29, 0.717) is 12.3 Å². The molecule has 0 atom stereocenters. The van der Waals surface area contributed by atoms with Crippen LogP contribution < -0.4 is 0 Å². The average Bonchev–Trinajstić information content (AvgIpc) is 2.95. The molecule has 2 aromatic carbocycles. The van der Waals surface area contributed by atoms with Crippen molar-refractivity contribution < 1.29 is 9.90 Å². The normalized spacial score (nSPS) is 17.7. The van der Waals surface area contributed by atoms with E-state index < -0.39 is 5.97 Å². The number of carboxylic acid groups (broad SMARTS) is 1. The monoisotopic (exact) mass is 419 g/mol. The number of benzene rings is 2. The number of fused-ring (bicyclic) bond motifs is 2. The third-order valence-corrected chi connectivity index (χ3v) is 7.45. The predicted molar refractivity (Wildman–Crippen MR) is 127 cm³/mol. The minimum atomic E-state index is -0.659. The summed E-state index contributed by atoms with van der Waals surface area (Å²) in [6.07, 6.45) is 10.8. The first-order valence-electron chi connectivity index (χ1n) is 12.3. The fourth-order valence-corrected chi connectivity index (χ4v) is 5.68. The molecule has 1 fully saturated rings. The van der Waals surface area contributed by atoms with E-state index in [1.165, 1.54) is 62.9 Å². The summed E-state index contributed by atoms with van der Waals surface area (Å²) in [5.41, 5.74) is 6.17. The summed E-state index contributed by atoms with van der Waals surface area (Å²) in [4.78, 5) is 13.3. The maximum atomic E-state index is 10.7. The molecule has 3 nitrogen and oxygen atoms in total. The maximum Gasteiger partial charge on any atom is 0.303 e. The Morgan fingerprint density at radius 2 is 1.45 bits per heavy atom. The van der Waals surface area contributed by atoms with E-state index in [-0.39, 0.29) is 0 Å². The Labute approximate surface area is 187 Å². The zero-order chi connectivity index (χ0) is 21.5. The van der Waals surface area contributed by atoms with Gasteiger partial charge in [-0.15, -0.1) is 0 Å². The van der Waals surface area contributed by atoms with Crippen molar-refractivity contribution in [2.45, 2.75) is 70.1 Å². The van der Waals surface area contributed by atoms with Gasteiger partial charge in [0.05, 0.1) is 0 Å². The first kappa shape index (κ1) is 22.1. The first-order chi connectivity index (χ1) is 15.2. The molecule has 0 bridgehead atoms. The number of unbranched alkanes of at least 4 members (excludes halogenated alkanes) is 1. The molecule has 1 N–H and O–H groups in total. The molecule has 1 aliphatic heterocycles. The van der Waals surface area contributed by atoms with Crippen LogP contribution in [0.4, 0.5) is 0 Å². The smallest absolute Gasteiger partial charge is 0.303 e. The molecule has 2 aliphatic rings. The summed E-state index contributed by atoms with van der Waals surface area (Å²) >= 11 is 0. The van der Waals surface area contributed by atoms with E-state index in [9.17, 15) is 4.79 Å². The standard InChI is InChI=1S/C28H37NO2/c30-28(31)14-6-1-8-22-17-20-29(21-18-22)19-7-13-27-25-11-4-2-9-23(25)15-16-24-10-3-5-12-26(24)27/h2-5,9-12,22,27H,1,6-8,13-21H2,(H,30,31). The fourth-order valence-electron chi connectivity index (χ4n) is 5.68. The van der Waals surface area contributed by atoms with Crippen molar-refractivity contribution in [2.75, 3.05) is 19.6 Å². The summed E-state index contributed by atoms with van der Waals surface area (Å²) in [6.45, 7) is 3.62. The van der Waals surface area contributed by atoms with Gasteiger partial charge in [0, 0.05) is 12.3 Å². The fraction of sp³-hybridized carbons (Fsp3) is 0.536. The largest absolute Gasteiger partial charge is 0.481 e. The second kappa shape index (κ2) is 10.9. The highest BCUT2D eigenvalue weighted by molar-refractivity contribution is 5.66. The summed E-state index contributed by atoms with van der Waals surface area (Å²) in [6, 6.07) is 18.2. The number of carboxylic acids is 1. The number of likely N-dealkylation sites (tertiary alicyclic amines) is 1.